The highest BCUT2D eigenvalue weighted by Gasteiger charge is 2.37. The highest BCUT2D eigenvalue weighted by molar-refractivity contribution is 5.81. The molecule has 13 heteroatoms. The topological polar surface area (TPSA) is 138 Å². The average molecular weight is 1240 g/mol. The number of rotatable bonds is 62. The van der Waals surface area contributed by atoms with Crippen LogP contribution in [0.4, 0.5) is 0 Å². The van der Waals surface area contributed by atoms with Gasteiger partial charge in [-0.1, -0.05) is 260 Å². The summed E-state index contributed by atoms with van der Waals surface area (Å²) in [6, 6.07) is 31.0. The molecule has 0 aliphatic heterocycles. The first kappa shape index (κ1) is 79.0. The maximum Gasteiger partial charge on any atom is 0.305 e. The molecular formula is C76H125NO12. The van der Waals surface area contributed by atoms with Crippen molar-refractivity contribution < 1.29 is 57.0 Å². The van der Waals surface area contributed by atoms with Gasteiger partial charge in [-0.2, -0.15) is 0 Å². The number of esters is 2. The van der Waals surface area contributed by atoms with E-state index in [0.717, 1.165) is 87.3 Å². The highest BCUT2D eigenvalue weighted by Crippen LogP contribution is 2.40. The number of ether oxygens (including phenoxy) is 9. The Morgan fingerprint density at radius 2 is 0.764 bits per heavy atom. The molecule has 0 aromatic heterocycles. The minimum Gasteiger partial charge on any atom is -0.466 e. The van der Waals surface area contributed by atoms with E-state index in [0.29, 0.717) is 130 Å². The minimum atomic E-state index is -0.789. The van der Waals surface area contributed by atoms with Gasteiger partial charge >= 0.3 is 11.9 Å². The van der Waals surface area contributed by atoms with Crippen molar-refractivity contribution in [2.24, 2.45) is 11.8 Å². The first-order chi connectivity index (χ1) is 43.8. The molecule has 0 saturated heterocycles. The van der Waals surface area contributed by atoms with Crippen LogP contribution in [0.1, 0.15) is 244 Å². The van der Waals surface area contributed by atoms with Gasteiger partial charge in [0.1, 0.15) is 5.60 Å². The molecule has 13 nitrogen and oxygen atoms in total. The molecule has 0 fully saturated rings. The first-order valence-corrected chi connectivity index (χ1v) is 35.7. The second kappa shape index (κ2) is 55.4. The van der Waals surface area contributed by atoms with Crippen LogP contribution in [-0.2, 0) is 62.6 Å². The Kier molecular flexibility index (Phi) is 49.2. The summed E-state index contributed by atoms with van der Waals surface area (Å²) in [5.41, 5.74) is 2.37. The monoisotopic (exact) mass is 1240 g/mol. The Bertz CT molecular complexity index is 1970. The van der Waals surface area contributed by atoms with Crippen molar-refractivity contribution >= 4 is 17.8 Å². The molecule has 3 aromatic carbocycles. The van der Waals surface area contributed by atoms with Crippen molar-refractivity contribution in [1.29, 1.82) is 0 Å². The smallest absolute Gasteiger partial charge is 0.305 e. The second-order valence-electron chi connectivity index (χ2n) is 24.3. The van der Waals surface area contributed by atoms with Crippen LogP contribution in [0.2, 0.25) is 0 Å². The molecule has 0 N–H and O–H groups in total. The van der Waals surface area contributed by atoms with Gasteiger partial charge in [0.2, 0.25) is 0 Å². The van der Waals surface area contributed by atoms with Crippen LogP contribution in [0.3, 0.4) is 0 Å². The summed E-state index contributed by atoms with van der Waals surface area (Å²) >= 11 is 0. The lowest BCUT2D eigenvalue weighted by Crippen LogP contribution is -2.45. The van der Waals surface area contributed by atoms with Gasteiger partial charge in [0.05, 0.1) is 79.3 Å². The number of benzene rings is 3. The van der Waals surface area contributed by atoms with Crippen molar-refractivity contribution in [2.45, 2.75) is 239 Å². The fourth-order valence-electron chi connectivity index (χ4n) is 11.5. The van der Waals surface area contributed by atoms with Crippen LogP contribution in [-0.4, -0.2) is 134 Å². The van der Waals surface area contributed by atoms with Gasteiger partial charge in [0.25, 0.3) is 5.91 Å². The summed E-state index contributed by atoms with van der Waals surface area (Å²) in [5.74, 6) is 0.920. The number of amides is 1. The molecule has 0 saturated carbocycles. The van der Waals surface area contributed by atoms with E-state index in [9.17, 15) is 14.4 Å². The Balaban J connectivity index is 1.45. The van der Waals surface area contributed by atoms with E-state index < -0.39 is 11.7 Å². The van der Waals surface area contributed by atoms with Crippen LogP contribution < -0.4 is 0 Å². The molecule has 0 bridgehead atoms. The zero-order chi connectivity index (χ0) is 63.8. The molecule has 3 aromatic rings. The molecule has 0 heterocycles. The van der Waals surface area contributed by atoms with E-state index in [2.05, 4.69) is 71.0 Å². The predicted octanol–water partition coefficient (Wildman–Crippen LogP) is 17.4. The summed E-state index contributed by atoms with van der Waals surface area (Å²) in [6.07, 6.45) is 30.4. The third-order valence-corrected chi connectivity index (χ3v) is 16.8. The van der Waals surface area contributed by atoms with Crippen molar-refractivity contribution in [3.05, 3.63) is 108 Å². The van der Waals surface area contributed by atoms with E-state index in [-0.39, 0.29) is 24.5 Å². The van der Waals surface area contributed by atoms with Gasteiger partial charge in [0.15, 0.2) is 6.10 Å². The molecular weight excluding hydrogens is 1120 g/mol. The average Bonchev–Trinajstić information content (AvgIpc) is 1.08. The normalized spacial score (nSPS) is 12.4. The van der Waals surface area contributed by atoms with Crippen LogP contribution in [0.25, 0.3) is 0 Å². The molecule has 0 radical (unpaired) electrons. The van der Waals surface area contributed by atoms with Crippen molar-refractivity contribution in [3.63, 3.8) is 0 Å². The molecule has 0 aliphatic carbocycles. The maximum absolute atomic E-state index is 14.5. The Morgan fingerprint density at radius 3 is 1.24 bits per heavy atom. The minimum absolute atomic E-state index is 0.0905. The zero-order valence-corrected chi connectivity index (χ0v) is 56.8. The van der Waals surface area contributed by atoms with Gasteiger partial charge in [0, 0.05) is 39.1 Å². The van der Waals surface area contributed by atoms with Crippen LogP contribution in [0, 0.1) is 11.8 Å². The van der Waals surface area contributed by atoms with E-state index in [1.165, 1.54) is 103 Å². The maximum atomic E-state index is 14.5. The predicted molar refractivity (Wildman–Crippen MR) is 361 cm³/mol. The summed E-state index contributed by atoms with van der Waals surface area (Å²) in [7, 11) is 0. The highest BCUT2D eigenvalue weighted by atomic mass is 16.6. The van der Waals surface area contributed by atoms with E-state index in [4.69, 9.17) is 42.6 Å². The van der Waals surface area contributed by atoms with Gasteiger partial charge < -0.3 is 47.5 Å². The number of nitrogens with zero attached hydrogens (tertiary/aromatic N) is 1. The van der Waals surface area contributed by atoms with Crippen LogP contribution >= 0.6 is 0 Å². The Hall–Kier alpha value is -4.21. The van der Waals surface area contributed by atoms with Gasteiger partial charge in [-0.05, 0) is 73.5 Å². The molecule has 0 spiro atoms. The SMILES string of the molecule is CCCCCCCCN(CCOCCOCCOCCOCCOC(c1ccccc1)(c1ccccc1)c1ccccc1)C(=O)C(COCCCCCC(=O)OCCC(CCC)CCCCC)OCCCCCC(=O)OCCC(CCCCC)CCCCC. The van der Waals surface area contributed by atoms with Crippen LogP contribution in [0.15, 0.2) is 91.0 Å². The van der Waals surface area contributed by atoms with E-state index >= 15 is 0 Å². The lowest BCUT2D eigenvalue weighted by molar-refractivity contribution is -0.149. The van der Waals surface area contributed by atoms with Crippen molar-refractivity contribution in [3.8, 4) is 0 Å². The van der Waals surface area contributed by atoms with Gasteiger partial charge in [-0.3, -0.25) is 14.4 Å². The van der Waals surface area contributed by atoms with Gasteiger partial charge in [-0.15, -0.1) is 0 Å². The zero-order valence-electron chi connectivity index (χ0n) is 56.8. The lowest BCUT2D eigenvalue weighted by Gasteiger charge is -2.36. The molecule has 2 unspecified atom stereocenters. The van der Waals surface area contributed by atoms with Crippen LogP contribution in [0.5, 0.6) is 0 Å². The number of hydrogen-bond donors (Lipinski definition) is 0. The number of carbonyl (C=O) groups excluding carboxylic acids is 3. The number of hydrogen-bond acceptors (Lipinski definition) is 12. The third kappa shape index (κ3) is 37.8. The first-order valence-electron chi connectivity index (χ1n) is 35.7. The van der Waals surface area contributed by atoms with E-state index in [1.54, 1.807) is 0 Å². The summed E-state index contributed by atoms with van der Waals surface area (Å²) in [4.78, 5) is 41.7. The molecule has 2 atom stereocenters. The van der Waals surface area contributed by atoms with E-state index in [1.807, 2.05) is 59.5 Å². The standard InChI is InChI=1S/C76H125NO12/c1-6-11-15-16-17-34-51-77(52-57-81-58-59-82-60-61-83-62-63-84-64-65-89-76(69-41-26-18-27-42-69,70-43-28-19-29-44-70)71-45-30-20-31-46-71)75(80)72(66-85-53-35-21-32-47-73(78)87-55-49-67(37-10-5)38-23-12-7-2)86-54-36-22-33-48-74(79)88-56-50-68(39-24-13-8-3)40-25-14-9-4/h18-20,26-31,41-46,67-68,72H,6-17,21-25,32-40,47-66H2,1-5H3. The Labute approximate surface area is 541 Å². The van der Waals surface area contributed by atoms with Crippen molar-refractivity contribution in [1.82, 2.24) is 4.90 Å². The quantitative estimate of drug-likeness (QED) is 0.0302. The molecule has 3 rings (SSSR count). The molecule has 0 aliphatic rings. The third-order valence-electron chi connectivity index (χ3n) is 16.8. The second-order valence-corrected chi connectivity index (χ2v) is 24.3. The summed E-state index contributed by atoms with van der Waals surface area (Å²) in [6.45, 7) is 17.9. The molecule has 506 valence electrons. The lowest BCUT2D eigenvalue weighted by atomic mass is 9.80. The number of carbonyl (C=O) groups is 3. The van der Waals surface area contributed by atoms with Gasteiger partial charge in [-0.25, -0.2) is 0 Å². The number of unbranched alkanes of at least 4 members (excludes halogenated alkanes) is 15. The molecule has 1 amide bonds. The largest absolute Gasteiger partial charge is 0.466 e. The fraction of sp³-hybridized carbons (Fsp3) is 0.724. The molecule has 89 heavy (non-hydrogen) atoms. The summed E-state index contributed by atoms with van der Waals surface area (Å²) in [5, 5.41) is 0. The fourth-order valence-corrected chi connectivity index (χ4v) is 11.5. The Morgan fingerprint density at radius 1 is 0.360 bits per heavy atom. The van der Waals surface area contributed by atoms with Crippen molar-refractivity contribution in [2.75, 3.05) is 106 Å². The summed E-state index contributed by atoms with van der Waals surface area (Å²) < 4.78 is 54.4.